The van der Waals surface area contributed by atoms with Crippen molar-refractivity contribution in [3.63, 3.8) is 0 Å². The van der Waals surface area contributed by atoms with Gasteiger partial charge in [0.2, 0.25) is 5.89 Å². The molecule has 0 bridgehead atoms. The molecule has 0 radical (unpaired) electrons. The molecule has 2 aliphatic rings. The third-order valence-electron chi connectivity index (χ3n) is 5.31. The number of hydrogen-bond acceptors (Lipinski definition) is 5. The molecule has 2 saturated heterocycles. The van der Waals surface area contributed by atoms with Gasteiger partial charge in [-0.05, 0) is 25.0 Å². The van der Waals surface area contributed by atoms with Gasteiger partial charge in [0.05, 0.1) is 12.2 Å². The average Bonchev–Trinajstić information content (AvgIpc) is 3.47. The van der Waals surface area contributed by atoms with Crippen LogP contribution in [0, 0.1) is 0 Å². The number of halogens is 1. The molecule has 2 fully saturated rings. The molecule has 1 atom stereocenters. The van der Waals surface area contributed by atoms with Crippen molar-refractivity contribution in [2.45, 2.75) is 25.5 Å². The Balaban J connectivity index is 0.00000256. The van der Waals surface area contributed by atoms with Gasteiger partial charge >= 0.3 is 0 Å². The van der Waals surface area contributed by atoms with Crippen LogP contribution in [0.15, 0.2) is 46.0 Å². The second-order valence-corrected chi connectivity index (χ2v) is 7.22. The number of carbonyl (C=O) groups excluding carboxylic acids is 1. The molecule has 1 aromatic heterocycles. The van der Waals surface area contributed by atoms with Gasteiger partial charge in [-0.1, -0.05) is 18.2 Å². The summed E-state index contributed by atoms with van der Waals surface area (Å²) in [5, 5.41) is 3.34. The highest BCUT2D eigenvalue weighted by atomic mass is 127. The molecule has 162 valence electrons. The Morgan fingerprint density at radius 3 is 2.60 bits per heavy atom. The zero-order chi connectivity index (χ0) is 20.1. The highest BCUT2D eigenvalue weighted by Gasteiger charge is 2.30. The lowest BCUT2D eigenvalue weighted by atomic mass is 10.2. The van der Waals surface area contributed by atoms with Gasteiger partial charge in [0.15, 0.2) is 5.96 Å². The topological polar surface area (TPSA) is 83.2 Å². The smallest absolute Gasteiger partial charge is 0.251 e. The lowest BCUT2D eigenvalue weighted by Gasteiger charge is -2.37. The summed E-state index contributed by atoms with van der Waals surface area (Å²) in [4.78, 5) is 25.5. The Morgan fingerprint density at radius 2 is 1.93 bits per heavy atom. The summed E-state index contributed by atoms with van der Waals surface area (Å²) in [6, 6.07) is 9.83. The number of nitrogens with one attached hydrogen (secondary N) is 1. The van der Waals surface area contributed by atoms with E-state index in [4.69, 9.17) is 9.15 Å². The van der Waals surface area contributed by atoms with Crippen LogP contribution in [0.3, 0.4) is 0 Å². The minimum Gasteiger partial charge on any atom is -0.444 e. The second-order valence-electron chi connectivity index (χ2n) is 7.22. The van der Waals surface area contributed by atoms with Gasteiger partial charge in [0.25, 0.3) is 5.91 Å². The van der Waals surface area contributed by atoms with Crippen molar-refractivity contribution >= 4 is 35.8 Å². The van der Waals surface area contributed by atoms with E-state index >= 15 is 0 Å². The van der Waals surface area contributed by atoms with Crippen molar-refractivity contribution in [2.24, 2.45) is 4.99 Å². The molecule has 3 heterocycles. The average molecular weight is 525 g/mol. The van der Waals surface area contributed by atoms with Crippen LogP contribution in [0.2, 0.25) is 0 Å². The minimum atomic E-state index is -0.245. The quantitative estimate of drug-likeness (QED) is 0.375. The number of piperazine rings is 1. The van der Waals surface area contributed by atoms with E-state index in [1.165, 1.54) is 0 Å². The van der Waals surface area contributed by atoms with Crippen molar-refractivity contribution < 1.29 is 13.9 Å². The van der Waals surface area contributed by atoms with Crippen LogP contribution in [0.25, 0.3) is 11.5 Å². The number of amides is 1. The van der Waals surface area contributed by atoms with Gasteiger partial charge in [-0.25, -0.2) is 4.98 Å². The monoisotopic (exact) mass is 525 g/mol. The standard InChI is InChI=1S/C21H27N5O3.HI/c1-22-21(23-14-17-15-29-19(24-17)16-6-3-2-4-7-16)26-11-9-25(10-12-26)20(27)18-8-5-13-28-18;/h2-4,6-7,15,18H,5,8-14H2,1H3,(H,22,23);1H. The Kier molecular flexibility index (Phi) is 8.08. The van der Waals surface area contributed by atoms with Crippen LogP contribution in [0.4, 0.5) is 0 Å². The van der Waals surface area contributed by atoms with E-state index in [9.17, 15) is 4.79 Å². The lowest BCUT2D eigenvalue weighted by Crippen LogP contribution is -2.55. The zero-order valence-corrected chi connectivity index (χ0v) is 19.5. The molecular formula is C21H28IN5O3. The molecule has 1 unspecified atom stereocenters. The molecule has 2 aliphatic heterocycles. The first-order valence-corrected chi connectivity index (χ1v) is 10.1. The maximum atomic E-state index is 12.5. The van der Waals surface area contributed by atoms with Crippen LogP contribution < -0.4 is 5.32 Å². The molecule has 0 spiro atoms. The van der Waals surface area contributed by atoms with Crippen LogP contribution in [-0.2, 0) is 16.1 Å². The van der Waals surface area contributed by atoms with E-state index < -0.39 is 0 Å². The van der Waals surface area contributed by atoms with E-state index in [0.29, 0.717) is 32.1 Å². The largest absolute Gasteiger partial charge is 0.444 e. The normalized spacial score (nSPS) is 19.5. The van der Waals surface area contributed by atoms with Crippen LogP contribution >= 0.6 is 24.0 Å². The molecule has 8 nitrogen and oxygen atoms in total. The van der Waals surface area contributed by atoms with E-state index in [1.54, 1.807) is 13.3 Å². The summed E-state index contributed by atoms with van der Waals surface area (Å²) in [7, 11) is 1.77. The van der Waals surface area contributed by atoms with Crippen LogP contribution in [-0.4, -0.2) is 72.6 Å². The van der Waals surface area contributed by atoms with E-state index in [-0.39, 0.29) is 36.0 Å². The Hall–Kier alpha value is -2.14. The molecule has 1 N–H and O–H groups in total. The Bertz CT molecular complexity index is 843. The fourth-order valence-corrected chi connectivity index (χ4v) is 3.72. The second kappa shape index (κ2) is 10.8. The van der Waals surface area contributed by atoms with Gasteiger partial charge in [0.1, 0.15) is 12.4 Å². The molecule has 1 amide bonds. The first-order valence-electron chi connectivity index (χ1n) is 10.1. The van der Waals surface area contributed by atoms with Gasteiger partial charge < -0.3 is 24.3 Å². The molecule has 0 saturated carbocycles. The first kappa shape index (κ1) is 22.5. The predicted molar refractivity (Wildman–Crippen MR) is 125 cm³/mol. The van der Waals surface area contributed by atoms with E-state index in [2.05, 4.69) is 20.2 Å². The summed E-state index contributed by atoms with van der Waals surface area (Å²) < 4.78 is 11.1. The number of carbonyl (C=O) groups is 1. The number of ether oxygens (including phenoxy) is 1. The minimum absolute atomic E-state index is 0. The SMILES string of the molecule is CN=C(NCc1coc(-c2ccccc2)n1)N1CCN(C(=O)C2CCCO2)CC1.I. The van der Waals surface area contributed by atoms with Crippen molar-refractivity contribution in [3.05, 3.63) is 42.3 Å². The van der Waals surface area contributed by atoms with Crippen molar-refractivity contribution in [1.82, 2.24) is 20.1 Å². The number of rotatable bonds is 4. The van der Waals surface area contributed by atoms with Crippen molar-refractivity contribution in [2.75, 3.05) is 39.8 Å². The number of hydrogen-bond donors (Lipinski definition) is 1. The zero-order valence-electron chi connectivity index (χ0n) is 17.1. The summed E-state index contributed by atoms with van der Waals surface area (Å²) in [5.41, 5.74) is 1.77. The summed E-state index contributed by atoms with van der Waals surface area (Å²) in [6.07, 6.45) is 3.23. The van der Waals surface area contributed by atoms with Crippen LogP contribution in [0.1, 0.15) is 18.5 Å². The number of oxazole rings is 1. The molecule has 30 heavy (non-hydrogen) atoms. The molecule has 0 aliphatic carbocycles. The fourth-order valence-electron chi connectivity index (χ4n) is 3.72. The number of benzene rings is 1. The van der Waals surface area contributed by atoms with Crippen molar-refractivity contribution in [3.8, 4) is 11.5 Å². The first-order chi connectivity index (χ1) is 14.2. The van der Waals surface area contributed by atoms with E-state index in [0.717, 1.165) is 43.1 Å². The number of guanidine groups is 1. The lowest BCUT2D eigenvalue weighted by molar-refractivity contribution is -0.142. The summed E-state index contributed by atoms with van der Waals surface area (Å²) in [6.45, 7) is 4.07. The van der Waals surface area contributed by atoms with Crippen molar-refractivity contribution in [1.29, 1.82) is 0 Å². The molecular weight excluding hydrogens is 497 g/mol. The maximum Gasteiger partial charge on any atom is 0.251 e. The third-order valence-corrected chi connectivity index (χ3v) is 5.31. The summed E-state index contributed by atoms with van der Waals surface area (Å²) >= 11 is 0. The predicted octanol–water partition coefficient (Wildman–Crippen LogP) is 2.36. The van der Waals surface area contributed by atoms with E-state index in [1.807, 2.05) is 35.2 Å². The maximum absolute atomic E-state index is 12.5. The summed E-state index contributed by atoms with van der Waals surface area (Å²) in [5.74, 6) is 1.54. The number of aliphatic imine (C=N–C) groups is 1. The Morgan fingerprint density at radius 1 is 1.20 bits per heavy atom. The number of nitrogens with zero attached hydrogens (tertiary/aromatic N) is 4. The molecule has 1 aromatic carbocycles. The van der Waals surface area contributed by atoms with Gasteiger partial charge in [-0.15, -0.1) is 24.0 Å². The Labute approximate surface area is 193 Å². The number of aromatic nitrogens is 1. The third kappa shape index (κ3) is 5.31. The highest BCUT2D eigenvalue weighted by molar-refractivity contribution is 14.0. The molecule has 4 rings (SSSR count). The van der Waals surface area contributed by atoms with Gasteiger partial charge in [-0.3, -0.25) is 9.79 Å². The fraction of sp³-hybridized carbons (Fsp3) is 0.476. The molecule has 2 aromatic rings. The van der Waals surface area contributed by atoms with Crippen LogP contribution in [0.5, 0.6) is 0 Å². The highest BCUT2D eigenvalue weighted by Crippen LogP contribution is 2.18. The van der Waals surface area contributed by atoms with Gasteiger partial charge in [-0.2, -0.15) is 0 Å². The van der Waals surface area contributed by atoms with Gasteiger partial charge in [0, 0.05) is 45.4 Å². The molecule has 9 heteroatoms.